The van der Waals surface area contributed by atoms with Gasteiger partial charge in [-0.25, -0.2) is 0 Å². The Balaban J connectivity index is 1.91. The minimum absolute atomic E-state index is 0.0127. The molecular weight excluding hydrogens is 252 g/mol. The summed E-state index contributed by atoms with van der Waals surface area (Å²) in [6, 6.07) is 6.62. The highest BCUT2D eigenvalue weighted by Crippen LogP contribution is 2.23. The van der Waals surface area contributed by atoms with Crippen LogP contribution in [0.5, 0.6) is 5.75 Å². The maximum Gasteiger partial charge on any atom is 0.258 e. The van der Waals surface area contributed by atoms with E-state index < -0.39 is 0 Å². The molecule has 106 valence electrons. The summed E-state index contributed by atoms with van der Waals surface area (Å²) in [6.07, 6.45) is 7.58. The Kier molecular flexibility index (Phi) is 5.03. The van der Waals surface area contributed by atoms with E-state index in [1.165, 1.54) is 18.4 Å². The molecule has 2 N–H and O–H groups in total. The minimum atomic E-state index is -0.204. The van der Waals surface area contributed by atoms with Gasteiger partial charge in [0.15, 0.2) is 6.61 Å². The van der Waals surface area contributed by atoms with E-state index >= 15 is 0 Å². The number of hydrogen-bond acceptors (Lipinski definition) is 3. The van der Waals surface area contributed by atoms with Crippen LogP contribution in [0, 0.1) is 19.3 Å². The third-order valence-electron chi connectivity index (χ3n) is 3.12. The van der Waals surface area contributed by atoms with Crippen LogP contribution in [0.4, 0.5) is 0 Å². The summed E-state index contributed by atoms with van der Waals surface area (Å²) >= 11 is 0. The minimum Gasteiger partial charge on any atom is -0.483 e. The predicted molar refractivity (Wildman–Crippen MR) is 78.4 cm³/mol. The zero-order valence-electron chi connectivity index (χ0n) is 11.7. The first kappa shape index (κ1) is 14.4. The van der Waals surface area contributed by atoms with Crippen molar-refractivity contribution in [3.63, 3.8) is 0 Å². The molecule has 4 nitrogen and oxygen atoms in total. The fraction of sp³-hybridized carbons (Fsp3) is 0.438. The van der Waals surface area contributed by atoms with E-state index in [-0.39, 0.29) is 19.1 Å². The number of nitrogens with one attached hydrogen (secondary N) is 2. The molecule has 0 radical (unpaired) electrons. The van der Waals surface area contributed by atoms with Crippen molar-refractivity contribution >= 4 is 5.91 Å². The van der Waals surface area contributed by atoms with Gasteiger partial charge in [-0.2, -0.15) is 0 Å². The fourth-order valence-electron chi connectivity index (χ4n) is 1.87. The number of rotatable bonds is 7. The van der Waals surface area contributed by atoms with Gasteiger partial charge in [0.25, 0.3) is 5.91 Å². The number of terminal acetylenes is 1. The Hall–Kier alpha value is -1.99. The van der Waals surface area contributed by atoms with Crippen molar-refractivity contribution in [2.75, 3.05) is 13.2 Å². The molecule has 0 heterocycles. The van der Waals surface area contributed by atoms with E-state index in [0.29, 0.717) is 6.04 Å². The molecule has 1 saturated carbocycles. The lowest BCUT2D eigenvalue weighted by Crippen LogP contribution is -2.29. The van der Waals surface area contributed by atoms with E-state index in [9.17, 15) is 4.79 Å². The Morgan fingerprint density at radius 3 is 3.00 bits per heavy atom. The third-order valence-corrected chi connectivity index (χ3v) is 3.12. The van der Waals surface area contributed by atoms with Gasteiger partial charge in [-0.05, 0) is 25.8 Å². The van der Waals surface area contributed by atoms with Gasteiger partial charge in [0, 0.05) is 18.2 Å². The molecule has 2 rings (SSSR count). The average molecular weight is 272 g/mol. The highest BCUT2D eigenvalue weighted by Gasteiger charge is 2.20. The van der Waals surface area contributed by atoms with Crippen LogP contribution in [-0.2, 0) is 11.3 Å². The zero-order valence-corrected chi connectivity index (χ0v) is 11.7. The summed E-state index contributed by atoms with van der Waals surface area (Å²) in [6.45, 7) is 3.03. The van der Waals surface area contributed by atoms with E-state index in [4.69, 9.17) is 11.2 Å². The summed E-state index contributed by atoms with van der Waals surface area (Å²) < 4.78 is 5.58. The van der Waals surface area contributed by atoms with Crippen LogP contribution in [-0.4, -0.2) is 25.1 Å². The quantitative estimate of drug-likeness (QED) is 0.737. The van der Waals surface area contributed by atoms with Crippen molar-refractivity contribution in [1.82, 2.24) is 10.6 Å². The number of benzene rings is 1. The molecule has 0 aliphatic heterocycles. The fourth-order valence-corrected chi connectivity index (χ4v) is 1.87. The van der Waals surface area contributed by atoms with Gasteiger partial charge < -0.3 is 15.4 Å². The van der Waals surface area contributed by atoms with Crippen molar-refractivity contribution in [1.29, 1.82) is 0 Å². The summed E-state index contributed by atoms with van der Waals surface area (Å²) in [7, 11) is 0. The number of aryl methyl sites for hydroxylation is 1. The standard InChI is InChI=1S/C16H20N2O2/c1-3-8-17-16(19)11-20-15-7-4-12(2)9-13(15)10-18-14-5-6-14/h1,4,7,9,14,18H,5-6,8,10-11H2,2H3,(H,17,19). The maximum absolute atomic E-state index is 11.5. The van der Waals surface area contributed by atoms with E-state index in [1.807, 2.05) is 19.1 Å². The molecule has 1 amide bonds. The highest BCUT2D eigenvalue weighted by molar-refractivity contribution is 5.77. The van der Waals surface area contributed by atoms with Crippen molar-refractivity contribution in [2.45, 2.75) is 32.4 Å². The largest absolute Gasteiger partial charge is 0.483 e. The third kappa shape index (κ3) is 4.60. The van der Waals surface area contributed by atoms with Crippen LogP contribution in [0.2, 0.25) is 0 Å². The maximum atomic E-state index is 11.5. The molecule has 0 saturated heterocycles. The molecule has 0 unspecified atom stereocenters. The first-order valence-electron chi connectivity index (χ1n) is 6.85. The van der Waals surface area contributed by atoms with E-state index in [1.54, 1.807) is 0 Å². The number of amides is 1. The second-order valence-electron chi connectivity index (χ2n) is 5.04. The topological polar surface area (TPSA) is 50.4 Å². The lowest BCUT2D eigenvalue weighted by Gasteiger charge is -2.12. The Labute approximate surface area is 119 Å². The molecule has 1 fully saturated rings. The normalized spacial score (nSPS) is 13.6. The first-order valence-corrected chi connectivity index (χ1v) is 6.85. The van der Waals surface area contributed by atoms with Gasteiger partial charge >= 0.3 is 0 Å². The van der Waals surface area contributed by atoms with Crippen molar-refractivity contribution in [3.05, 3.63) is 29.3 Å². The van der Waals surface area contributed by atoms with Crippen molar-refractivity contribution in [3.8, 4) is 18.1 Å². The smallest absolute Gasteiger partial charge is 0.258 e. The van der Waals surface area contributed by atoms with Crippen LogP contribution in [0.25, 0.3) is 0 Å². The molecule has 0 atom stereocenters. The second-order valence-corrected chi connectivity index (χ2v) is 5.04. The number of ether oxygens (including phenoxy) is 1. The van der Waals surface area contributed by atoms with Crippen LogP contribution in [0.1, 0.15) is 24.0 Å². The van der Waals surface area contributed by atoms with Crippen LogP contribution in [0.15, 0.2) is 18.2 Å². The van der Waals surface area contributed by atoms with Crippen molar-refractivity contribution < 1.29 is 9.53 Å². The van der Waals surface area contributed by atoms with Crippen LogP contribution in [0.3, 0.4) is 0 Å². The lowest BCUT2D eigenvalue weighted by atomic mass is 10.1. The average Bonchev–Trinajstić information content (AvgIpc) is 3.26. The molecule has 0 aromatic heterocycles. The number of carbonyl (C=O) groups is 1. The van der Waals surface area contributed by atoms with Crippen LogP contribution < -0.4 is 15.4 Å². The molecule has 1 aromatic rings. The number of hydrogen-bond donors (Lipinski definition) is 2. The van der Waals surface area contributed by atoms with Gasteiger partial charge in [-0.15, -0.1) is 6.42 Å². The lowest BCUT2D eigenvalue weighted by molar-refractivity contribution is -0.122. The SMILES string of the molecule is C#CCNC(=O)COc1ccc(C)cc1CNC1CC1. The van der Waals surface area contributed by atoms with Crippen molar-refractivity contribution in [2.24, 2.45) is 0 Å². The first-order chi connectivity index (χ1) is 9.69. The molecule has 0 bridgehead atoms. The van der Waals surface area contributed by atoms with Gasteiger partial charge in [0.05, 0.1) is 6.54 Å². The molecular formula is C16H20N2O2. The predicted octanol–water partition coefficient (Wildman–Crippen LogP) is 1.38. The Bertz CT molecular complexity index is 516. The summed E-state index contributed by atoms with van der Waals surface area (Å²) in [5.74, 6) is 2.90. The molecule has 1 aromatic carbocycles. The molecule has 1 aliphatic carbocycles. The molecule has 0 spiro atoms. The highest BCUT2D eigenvalue weighted by atomic mass is 16.5. The summed E-state index contributed by atoms with van der Waals surface area (Å²) in [5, 5.41) is 6.03. The number of carbonyl (C=O) groups excluding carboxylic acids is 1. The monoisotopic (exact) mass is 272 g/mol. The van der Waals surface area contributed by atoms with E-state index in [0.717, 1.165) is 17.9 Å². The molecule has 4 heteroatoms. The summed E-state index contributed by atoms with van der Waals surface area (Å²) in [5.41, 5.74) is 2.27. The van der Waals surface area contributed by atoms with Crippen LogP contribution >= 0.6 is 0 Å². The Morgan fingerprint density at radius 2 is 2.30 bits per heavy atom. The zero-order chi connectivity index (χ0) is 14.4. The Morgan fingerprint density at radius 1 is 1.50 bits per heavy atom. The van der Waals surface area contributed by atoms with Gasteiger partial charge in [-0.1, -0.05) is 23.6 Å². The van der Waals surface area contributed by atoms with Gasteiger partial charge in [-0.3, -0.25) is 4.79 Å². The second kappa shape index (κ2) is 6.97. The molecule has 1 aliphatic rings. The van der Waals surface area contributed by atoms with E-state index in [2.05, 4.69) is 22.6 Å². The van der Waals surface area contributed by atoms with Gasteiger partial charge in [0.1, 0.15) is 5.75 Å². The summed E-state index contributed by atoms with van der Waals surface area (Å²) in [4.78, 5) is 11.5. The molecule has 20 heavy (non-hydrogen) atoms. The van der Waals surface area contributed by atoms with Gasteiger partial charge in [0.2, 0.25) is 0 Å².